The van der Waals surface area contributed by atoms with Gasteiger partial charge in [-0.1, -0.05) is 12.5 Å². The van der Waals surface area contributed by atoms with Crippen LogP contribution in [0.4, 0.5) is 0 Å². The fourth-order valence-corrected chi connectivity index (χ4v) is 2.67. The molecule has 96 valence electrons. The van der Waals surface area contributed by atoms with Gasteiger partial charge in [0.2, 0.25) is 5.91 Å². The molecule has 1 saturated heterocycles. The van der Waals surface area contributed by atoms with Crippen molar-refractivity contribution in [3.63, 3.8) is 0 Å². The third-order valence-corrected chi connectivity index (χ3v) is 3.81. The maximum Gasteiger partial charge on any atom is 0.237 e. The molecule has 1 amide bonds. The van der Waals surface area contributed by atoms with Gasteiger partial charge in [0, 0.05) is 11.4 Å². The number of carbonyl (C=O) groups is 1. The summed E-state index contributed by atoms with van der Waals surface area (Å²) < 4.78 is 0. The Bertz CT molecular complexity index is 323. The zero-order valence-corrected chi connectivity index (χ0v) is 11.4. The largest absolute Gasteiger partial charge is 0.354 e. The second kappa shape index (κ2) is 7.69. The van der Waals surface area contributed by atoms with Gasteiger partial charge in [0.05, 0.1) is 6.04 Å². The molecule has 0 bridgehead atoms. The lowest BCUT2D eigenvalue weighted by atomic mass is 10.0. The van der Waals surface area contributed by atoms with Gasteiger partial charge in [0.1, 0.15) is 0 Å². The molecule has 2 heterocycles. The van der Waals surface area contributed by atoms with Gasteiger partial charge in [0.25, 0.3) is 0 Å². The number of hydrogen-bond acceptors (Lipinski definition) is 3. The van der Waals surface area contributed by atoms with Crippen LogP contribution < -0.4 is 10.6 Å². The average molecular weight is 275 g/mol. The topological polar surface area (TPSA) is 41.1 Å². The molecule has 0 aliphatic carbocycles. The quantitative estimate of drug-likeness (QED) is 0.881. The molecule has 1 aromatic heterocycles. The number of thiophene rings is 1. The summed E-state index contributed by atoms with van der Waals surface area (Å²) in [6.45, 7) is 1.72. The minimum atomic E-state index is 0. The van der Waals surface area contributed by atoms with Crippen LogP contribution in [0.15, 0.2) is 17.5 Å². The molecule has 0 unspecified atom stereocenters. The van der Waals surface area contributed by atoms with Gasteiger partial charge in [-0.3, -0.25) is 4.79 Å². The number of carbonyl (C=O) groups excluding carboxylic acids is 1. The molecule has 0 spiro atoms. The van der Waals surface area contributed by atoms with Crippen LogP contribution in [0.2, 0.25) is 0 Å². The van der Waals surface area contributed by atoms with Crippen molar-refractivity contribution in [2.45, 2.75) is 31.7 Å². The molecule has 0 saturated carbocycles. The number of amides is 1. The van der Waals surface area contributed by atoms with E-state index in [4.69, 9.17) is 0 Å². The zero-order valence-electron chi connectivity index (χ0n) is 9.78. The predicted octanol–water partition coefficient (Wildman–Crippen LogP) is 1.97. The Balaban J connectivity index is 0.00000144. The Morgan fingerprint density at radius 3 is 3.06 bits per heavy atom. The highest BCUT2D eigenvalue weighted by Gasteiger charge is 2.19. The summed E-state index contributed by atoms with van der Waals surface area (Å²) in [6.07, 6.45) is 4.27. The lowest BCUT2D eigenvalue weighted by Crippen LogP contribution is -2.47. The van der Waals surface area contributed by atoms with Crippen LogP contribution in [0.1, 0.15) is 24.1 Å². The van der Waals surface area contributed by atoms with Gasteiger partial charge in [0.15, 0.2) is 0 Å². The van der Waals surface area contributed by atoms with Crippen molar-refractivity contribution in [3.05, 3.63) is 22.4 Å². The minimum Gasteiger partial charge on any atom is -0.354 e. The number of nitrogens with one attached hydrogen (secondary N) is 2. The van der Waals surface area contributed by atoms with Gasteiger partial charge in [-0.2, -0.15) is 0 Å². The molecule has 0 radical (unpaired) electrons. The predicted molar refractivity (Wildman–Crippen MR) is 73.9 cm³/mol. The Kier molecular flexibility index (Phi) is 6.55. The molecule has 1 fully saturated rings. The van der Waals surface area contributed by atoms with Gasteiger partial charge in [-0.25, -0.2) is 0 Å². The SMILES string of the molecule is Cl.O=C(NCCc1cccs1)[C@@H]1CCCCN1. The normalized spacial score (nSPS) is 19.4. The summed E-state index contributed by atoms with van der Waals surface area (Å²) in [5.74, 6) is 0.163. The van der Waals surface area contributed by atoms with E-state index in [1.54, 1.807) is 11.3 Å². The first-order valence-electron chi connectivity index (χ1n) is 5.90. The molecular weight excluding hydrogens is 256 g/mol. The summed E-state index contributed by atoms with van der Waals surface area (Å²) >= 11 is 1.74. The Labute approximate surface area is 112 Å². The summed E-state index contributed by atoms with van der Waals surface area (Å²) in [5, 5.41) is 8.32. The number of rotatable bonds is 4. The fourth-order valence-electron chi connectivity index (χ4n) is 1.96. The van der Waals surface area contributed by atoms with E-state index in [1.807, 2.05) is 6.07 Å². The van der Waals surface area contributed by atoms with Gasteiger partial charge in [-0.05, 0) is 37.3 Å². The first-order chi connectivity index (χ1) is 7.86. The van der Waals surface area contributed by atoms with Crippen molar-refractivity contribution in [1.82, 2.24) is 10.6 Å². The molecule has 17 heavy (non-hydrogen) atoms. The highest BCUT2D eigenvalue weighted by Crippen LogP contribution is 2.09. The molecule has 3 nitrogen and oxygen atoms in total. The van der Waals surface area contributed by atoms with E-state index in [-0.39, 0.29) is 24.4 Å². The van der Waals surface area contributed by atoms with Crippen molar-refractivity contribution in [1.29, 1.82) is 0 Å². The second-order valence-corrected chi connectivity index (χ2v) is 5.16. The Hall–Kier alpha value is -0.580. The summed E-state index contributed by atoms with van der Waals surface area (Å²) in [6, 6.07) is 4.19. The van der Waals surface area contributed by atoms with E-state index in [0.717, 1.165) is 32.4 Å². The number of hydrogen-bond donors (Lipinski definition) is 2. The minimum absolute atomic E-state index is 0. The first kappa shape index (κ1) is 14.5. The van der Waals surface area contributed by atoms with Crippen LogP contribution >= 0.6 is 23.7 Å². The van der Waals surface area contributed by atoms with Crippen molar-refractivity contribution in [2.24, 2.45) is 0 Å². The van der Waals surface area contributed by atoms with Crippen molar-refractivity contribution < 1.29 is 4.79 Å². The van der Waals surface area contributed by atoms with E-state index < -0.39 is 0 Å². The molecule has 1 aliphatic heterocycles. The summed E-state index contributed by atoms with van der Waals surface area (Å²) in [7, 11) is 0. The highest BCUT2D eigenvalue weighted by atomic mass is 35.5. The van der Waals surface area contributed by atoms with E-state index in [1.165, 1.54) is 11.3 Å². The number of piperidine rings is 1. The van der Waals surface area contributed by atoms with Crippen LogP contribution in [-0.2, 0) is 11.2 Å². The summed E-state index contributed by atoms with van der Waals surface area (Å²) in [4.78, 5) is 13.1. The second-order valence-electron chi connectivity index (χ2n) is 4.12. The van der Waals surface area contributed by atoms with E-state index >= 15 is 0 Å². The third kappa shape index (κ3) is 4.66. The highest BCUT2D eigenvalue weighted by molar-refractivity contribution is 7.09. The molecule has 1 atom stereocenters. The van der Waals surface area contributed by atoms with Gasteiger partial charge >= 0.3 is 0 Å². The molecule has 2 N–H and O–H groups in total. The first-order valence-corrected chi connectivity index (χ1v) is 6.78. The molecule has 5 heteroatoms. The average Bonchev–Trinajstić information content (AvgIpc) is 2.83. The van der Waals surface area contributed by atoms with Crippen molar-refractivity contribution in [3.8, 4) is 0 Å². The Morgan fingerprint density at radius 1 is 1.53 bits per heavy atom. The molecule has 0 aromatic carbocycles. The van der Waals surface area contributed by atoms with Gasteiger partial charge < -0.3 is 10.6 Å². The van der Waals surface area contributed by atoms with Crippen LogP contribution in [0.25, 0.3) is 0 Å². The molecule has 1 aliphatic rings. The van der Waals surface area contributed by atoms with E-state index in [2.05, 4.69) is 22.1 Å². The third-order valence-electron chi connectivity index (χ3n) is 2.88. The van der Waals surface area contributed by atoms with Crippen molar-refractivity contribution >= 4 is 29.7 Å². The molecular formula is C12H19ClN2OS. The monoisotopic (exact) mass is 274 g/mol. The van der Waals surface area contributed by atoms with E-state index in [0.29, 0.717) is 0 Å². The lowest BCUT2D eigenvalue weighted by Gasteiger charge is -2.22. The Morgan fingerprint density at radius 2 is 2.41 bits per heavy atom. The van der Waals surface area contributed by atoms with Crippen LogP contribution in [0, 0.1) is 0 Å². The molecule has 1 aromatic rings. The fraction of sp³-hybridized carbons (Fsp3) is 0.583. The number of halogens is 1. The summed E-state index contributed by atoms with van der Waals surface area (Å²) in [5.41, 5.74) is 0. The van der Waals surface area contributed by atoms with Crippen LogP contribution in [-0.4, -0.2) is 25.0 Å². The molecule has 2 rings (SSSR count). The smallest absolute Gasteiger partial charge is 0.237 e. The van der Waals surface area contributed by atoms with E-state index in [9.17, 15) is 4.79 Å². The van der Waals surface area contributed by atoms with Crippen LogP contribution in [0.3, 0.4) is 0 Å². The van der Waals surface area contributed by atoms with Crippen LogP contribution in [0.5, 0.6) is 0 Å². The maximum absolute atomic E-state index is 11.8. The zero-order chi connectivity index (χ0) is 11.2. The van der Waals surface area contributed by atoms with Gasteiger partial charge in [-0.15, -0.1) is 23.7 Å². The maximum atomic E-state index is 11.8. The lowest BCUT2D eigenvalue weighted by molar-refractivity contribution is -0.123. The standard InChI is InChI=1S/C12H18N2OS.ClH/c15-12(11-5-1-2-7-13-11)14-8-6-10-4-3-9-16-10;/h3-4,9,11,13H,1-2,5-8H2,(H,14,15);1H/t11-;/m0./s1. The van der Waals surface area contributed by atoms with Crippen molar-refractivity contribution in [2.75, 3.05) is 13.1 Å².